The predicted octanol–water partition coefficient (Wildman–Crippen LogP) is 0.187. The van der Waals surface area contributed by atoms with Crippen molar-refractivity contribution in [3.8, 4) is 4.32 Å². The van der Waals surface area contributed by atoms with E-state index in [4.69, 9.17) is 10.1 Å². The maximum absolute atomic E-state index is 5.53. The standard InChI is InChI=1S/C6H6N.CH.Sn/c7-6-4-2-1-3-5-6;;/h2-5H,7H2;1H;. The average molecular weight is 224 g/mol. The molecule has 0 aliphatic heterocycles. The van der Waals surface area contributed by atoms with E-state index in [-0.39, 0.29) is 0 Å². The quantitative estimate of drug-likeness (QED) is 0.493. The van der Waals surface area contributed by atoms with Crippen molar-refractivity contribution < 1.29 is 0 Å². The van der Waals surface area contributed by atoms with Crippen LogP contribution in [0.3, 0.4) is 0 Å². The first-order valence-electron chi connectivity index (χ1n) is 2.65. The average Bonchev–Trinajstić information content (AvgIpc) is 1.90. The van der Waals surface area contributed by atoms with Crippen LogP contribution in [0, 0.1) is 4.32 Å². The molecular formula is C7H7NSn. The van der Waals surface area contributed by atoms with Crippen molar-refractivity contribution in [2.24, 2.45) is 0 Å². The molecular weight excluding hydrogens is 217 g/mol. The second-order valence-electron chi connectivity index (χ2n) is 1.77. The van der Waals surface area contributed by atoms with Crippen LogP contribution in [-0.2, 0) is 0 Å². The summed E-state index contributed by atoms with van der Waals surface area (Å²) in [5, 5.41) is 0. The third-order valence-electron chi connectivity index (χ3n) is 1.08. The number of hydrogen-bond acceptors (Lipinski definition) is 1. The third-order valence-corrected chi connectivity index (χ3v) is 2.98. The van der Waals surface area contributed by atoms with E-state index >= 15 is 0 Å². The Labute approximate surface area is 64.2 Å². The van der Waals surface area contributed by atoms with Crippen LogP contribution < -0.4 is 9.31 Å². The summed E-state index contributed by atoms with van der Waals surface area (Å²) in [7, 11) is 0. The first-order valence-corrected chi connectivity index (χ1v) is 5.72. The van der Waals surface area contributed by atoms with Crippen LogP contribution in [0.2, 0.25) is 0 Å². The van der Waals surface area contributed by atoms with Crippen LogP contribution in [0.4, 0.5) is 5.69 Å². The summed E-state index contributed by atoms with van der Waals surface area (Å²) in [5.74, 6) is 0. The molecule has 2 N–H and O–H groups in total. The van der Waals surface area contributed by atoms with Gasteiger partial charge >= 0.3 is 64.1 Å². The van der Waals surface area contributed by atoms with E-state index < -0.39 is 20.5 Å². The first kappa shape index (κ1) is 6.71. The fourth-order valence-electron chi connectivity index (χ4n) is 0.579. The van der Waals surface area contributed by atoms with E-state index in [1.165, 1.54) is 3.58 Å². The molecule has 0 saturated carbocycles. The van der Waals surface area contributed by atoms with Crippen LogP contribution in [-0.4, -0.2) is 20.5 Å². The summed E-state index contributed by atoms with van der Waals surface area (Å²) in [5.41, 5.74) is 6.27. The van der Waals surface area contributed by atoms with Gasteiger partial charge in [0.25, 0.3) is 0 Å². The molecule has 0 bridgehead atoms. The van der Waals surface area contributed by atoms with Gasteiger partial charge in [-0.25, -0.2) is 0 Å². The Bertz CT molecular complexity index is 232. The molecule has 1 nitrogen and oxygen atoms in total. The first-order chi connectivity index (χ1) is 4.33. The van der Waals surface area contributed by atoms with E-state index in [0.29, 0.717) is 0 Å². The third kappa shape index (κ3) is 1.77. The van der Waals surface area contributed by atoms with Crippen molar-refractivity contribution in [2.45, 2.75) is 0 Å². The van der Waals surface area contributed by atoms with Crippen molar-refractivity contribution in [2.75, 3.05) is 5.73 Å². The molecule has 0 amide bonds. The van der Waals surface area contributed by atoms with Gasteiger partial charge < -0.3 is 0 Å². The molecule has 0 fully saturated rings. The molecule has 1 aromatic carbocycles. The van der Waals surface area contributed by atoms with E-state index in [2.05, 4.69) is 0 Å². The maximum atomic E-state index is 5.53. The molecule has 2 heteroatoms. The monoisotopic (exact) mass is 225 g/mol. The Morgan fingerprint density at radius 2 is 1.78 bits per heavy atom. The zero-order chi connectivity index (χ0) is 6.69. The molecule has 0 aromatic heterocycles. The molecule has 1 rings (SSSR count). The summed E-state index contributed by atoms with van der Waals surface area (Å²) < 4.78 is 6.81. The molecule has 0 unspecified atom stereocenters. The summed E-state index contributed by atoms with van der Waals surface area (Å²) in [6, 6.07) is 7.79. The Kier molecular flexibility index (Phi) is 2.20. The molecule has 0 radical (unpaired) electrons. The van der Waals surface area contributed by atoms with Gasteiger partial charge in [0.15, 0.2) is 0 Å². The van der Waals surface area contributed by atoms with Crippen LogP contribution in [0.5, 0.6) is 0 Å². The second kappa shape index (κ2) is 2.95. The van der Waals surface area contributed by atoms with Crippen LogP contribution in [0.15, 0.2) is 24.3 Å². The Hall–Kier alpha value is -0.401. The summed E-state index contributed by atoms with van der Waals surface area (Å²) in [6.45, 7) is 0. The van der Waals surface area contributed by atoms with Crippen molar-refractivity contribution in [3.05, 3.63) is 24.3 Å². The van der Waals surface area contributed by atoms with E-state index in [0.717, 1.165) is 5.69 Å². The van der Waals surface area contributed by atoms with Gasteiger partial charge in [-0.1, -0.05) is 0 Å². The normalized spacial score (nSPS) is 8.33. The number of hydrogen-bond donors (Lipinski definition) is 1. The topological polar surface area (TPSA) is 26.0 Å². The van der Waals surface area contributed by atoms with Gasteiger partial charge in [0.2, 0.25) is 0 Å². The SMILES string of the molecule is [CH]#[Sn][c]1ccc(N)cc1. The van der Waals surface area contributed by atoms with Gasteiger partial charge in [-0.05, 0) is 0 Å². The Morgan fingerprint density at radius 1 is 1.22 bits per heavy atom. The minimum atomic E-state index is -0.719. The summed E-state index contributed by atoms with van der Waals surface area (Å²) >= 11 is -0.719. The minimum absolute atomic E-state index is 0.719. The molecule has 9 heavy (non-hydrogen) atoms. The molecule has 0 heterocycles. The Balaban J connectivity index is 3.06. The summed E-state index contributed by atoms with van der Waals surface area (Å²) in [4.78, 5) is 0. The van der Waals surface area contributed by atoms with Gasteiger partial charge in [0.05, 0.1) is 0 Å². The molecule has 0 spiro atoms. The van der Waals surface area contributed by atoms with E-state index in [9.17, 15) is 0 Å². The van der Waals surface area contributed by atoms with Gasteiger partial charge in [-0.2, -0.15) is 0 Å². The van der Waals surface area contributed by atoms with Crippen LogP contribution in [0.1, 0.15) is 0 Å². The van der Waals surface area contributed by atoms with Crippen LogP contribution in [0.25, 0.3) is 0 Å². The zero-order valence-corrected chi connectivity index (χ0v) is 7.82. The van der Waals surface area contributed by atoms with E-state index in [1.807, 2.05) is 24.3 Å². The van der Waals surface area contributed by atoms with Crippen molar-refractivity contribution in [1.82, 2.24) is 0 Å². The van der Waals surface area contributed by atoms with E-state index in [1.54, 1.807) is 0 Å². The fraction of sp³-hybridized carbons (Fsp3) is 0. The number of anilines is 1. The fourth-order valence-corrected chi connectivity index (χ4v) is 1.60. The molecule has 0 atom stereocenters. The van der Waals surface area contributed by atoms with Crippen molar-refractivity contribution >= 4 is 29.7 Å². The van der Waals surface area contributed by atoms with Gasteiger partial charge in [-0.15, -0.1) is 0 Å². The zero-order valence-electron chi connectivity index (χ0n) is 4.96. The number of nitrogens with two attached hydrogens (primary N) is 1. The van der Waals surface area contributed by atoms with Crippen molar-refractivity contribution in [3.63, 3.8) is 0 Å². The number of nitrogen functional groups attached to an aromatic ring is 1. The molecule has 0 saturated heterocycles. The molecule has 0 aliphatic rings. The van der Waals surface area contributed by atoms with Gasteiger partial charge in [0.1, 0.15) is 0 Å². The van der Waals surface area contributed by atoms with Gasteiger partial charge in [-0.3, -0.25) is 0 Å². The molecule has 1 aromatic rings. The molecule has 0 aliphatic carbocycles. The predicted molar refractivity (Wildman–Crippen MR) is 41.2 cm³/mol. The molecule has 44 valence electrons. The van der Waals surface area contributed by atoms with Crippen LogP contribution >= 0.6 is 0 Å². The van der Waals surface area contributed by atoms with Gasteiger partial charge in [0, 0.05) is 0 Å². The number of benzene rings is 1. The second-order valence-corrected chi connectivity index (χ2v) is 4.24. The number of rotatable bonds is 0. The Morgan fingerprint density at radius 3 is 2.22 bits per heavy atom. The van der Waals surface area contributed by atoms with Crippen molar-refractivity contribution in [1.29, 1.82) is 0 Å². The summed E-state index contributed by atoms with van der Waals surface area (Å²) in [6.07, 6.45) is 0.